The fourth-order valence-corrected chi connectivity index (χ4v) is 6.93. The van der Waals surface area contributed by atoms with Crippen LogP contribution in [0, 0.1) is 23.2 Å². The molecule has 5 fully saturated rings. The summed E-state index contributed by atoms with van der Waals surface area (Å²) in [6.07, 6.45) is 8.64. The van der Waals surface area contributed by atoms with Gasteiger partial charge in [0.05, 0.1) is 12.0 Å². The molecule has 6 nitrogen and oxygen atoms in total. The highest BCUT2D eigenvalue weighted by molar-refractivity contribution is 5.92. The number of amides is 3. The summed E-state index contributed by atoms with van der Waals surface area (Å²) in [5.74, 6) is 2.22. The lowest BCUT2D eigenvalue weighted by Gasteiger charge is -2.56. The maximum atomic E-state index is 13.7. The van der Waals surface area contributed by atoms with E-state index in [9.17, 15) is 14.4 Å². The van der Waals surface area contributed by atoms with Crippen LogP contribution in [0.3, 0.4) is 0 Å². The number of carbonyl (C=O) groups is 3. The van der Waals surface area contributed by atoms with Gasteiger partial charge in [-0.15, -0.1) is 0 Å². The first-order chi connectivity index (χ1) is 13.5. The van der Waals surface area contributed by atoms with Crippen molar-refractivity contribution in [2.45, 2.75) is 71.3 Å². The first-order valence-corrected chi connectivity index (χ1v) is 11.3. The van der Waals surface area contributed by atoms with E-state index in [-0.39, 0.29) is 35.7 Å². The van der Waals surface area contributed by atoms with Gasteiger partial charge in [0.2, 0.25) is 17.7 Å². The van der Waals surface area contributed by atoms with Gasteiger partial charge in [0.1, 0.15) is 6.04 Å². The Hall–Kier alpha value is -1.59. The van der Waals surface area contributed by atoms with Crippen LogP contribution in [0.1, 0.15) is 65.2 Å². The van der Waals surface area contributed by atoms with Gasteiger partial charge in [-0.3, -0.25) is 14.4 Å². The third-order valence-corrected chi connectivity index (χ3v) is 7.69. The predicted octanol–water partition coefficient (Wildman–Crippen LogP) is 2.18. The molecule has 5 rings (SSSR count). The van der Waals surface area contributed by atoms with E-state index in [0.29, 0.717) is 19.6 Å². The Bertz CT molecular complexity index is 612. The Kier molecular flexibility index (Phi) is 5.41. The van der Waals surface area contributed by atoms with Crippen molar-refractivity contribution in [3.63, 3.8) is 0 Å². The normalized spacial score (nSPS) is 35.9. The van der Waals surface area contributed by atoms with Crippen LogP contribution in [-0.4, -0.2) is 59.7 Å². The molecule has 1 atom stereocenters. The zero-order chi connectivity index (χ0) is 19.9. The zero-order valence-corrected chi connectivity index (χ0v) is 17.4. The zero-order valence-electron chi connectivity index (χ0n) is 17.4. The van der Waals surface area contributed by atoms with E-state index in [4.69, 9.17) is 0 Å². The smallest absolute Gasteiger partial charge is 0.245 e. The monoisotopic (exact) mass is 389 g/mol. The van der Waals surface area contributed by atoms with Crippen LogP contribution in [-0.2, 0) is 14.4 Å². The lowest BCUT2D eigenvalue weighted by atomic mass is 9.49. The molecule has 1 heterocycles. The molecule has 6 heteroatoms. The van der Waals surface area contributed by atoms with Gasteiger partial charge in [0.25, 0.3) is 0 Å². The van der Waals surface area contributed by atoms with Crippen molar-refractivity contribution in [3.05, 3.63) is 0 Å². The van der Waals surface area contributed by atoms with E-state index in [1.54, 1.807) is 4.90 Å². The average molecular weight is 390 g/mol. The molecule has 1 N–H and O–H groups in total. The van der Waals surface area contributed by atoms with Crippen LogP contribution in [0.15, 0.2) is 0 Å². The number of likely N-dealkylation sites (N-methyl/N-ethyl adjacent to an activating group) is 2. The van der Waals surface area contributed by atoms with Gasteiger partial charge >= 0.3 is 0 Å². The van der Waals surface area contributed by atoms with Crippen LogP contribution in [0.2, 0.25) is 0 Å². The van der Waals surface area contributed by atoms with Crippen LogP contribution in [0.4, 0.5) is 0 Å². The van der Waals surface area contributed by atoms with Gasteiger partial charge in [-0.2, -0.15) is 0 Å². The first kappa shape index (κ1) is 19.7. The van der Waals surface area contributed by atoms with E-state index in [0.717, 1.165) is 49.9 Å². The Labute approximate surface area is 168 Å². The van der Waals surface area contributed by atoms with Crippen molar-refractivity contribution in [1.82, 2.24) is 15.1 Å². The maximum Gasteiger partial charge on any atom is 0.245 e. The summed E-state index contributed by atoms with van der Waals surface area (Å²) in [6, 6.07) is -0.380. The summed E-state index contributed by atoms with van der Waals surface area (Å²) < 4.78 is 0. The van der Waals surface area contributed by atoms with Gasteiger partial charge in [0.15, 0.2) is 0 Å². The standard InChI is InChI=1S/C22H35N3O3/c1-3-23-19(26)14-24(4-2)20(27)18-6-5-7-25(18)21(28)22-11-15-8-16(12-22)10-17(9-15)13-22/h15-18H,3-14H2,1-2H3,(H,23,26). The van der Waals surface area contributed by atoms with Gasteiger partial charge in [-0.05, 0) is 83.0 Å². The molecule has 0 spiro atoms. The molecule has 1 aliphatic heterocycles. The van der Waals surface area contributed by atoms with Crippen molar-refractivity contribution < 1.29 is 14.4 Å². The molecule has 0 aromatic carbocycles. The highest BCUT2D eigenvalue weighted by atomic mass is 16.2. The Morgan fingerprint density at radius 3 is 2.18 bits per heavy atom. The Morgan fingerprint density at radius 2 is 1.64 bits per heavy atom. The van der Waals surface area contributed by atoms with Crippen LogP contribution >= 0.6 is 0 Å². The Balaban J connectivity index is 1.48. The largest absolute Gasteiger partial charge is 0.355 e. The first-order valence-electron chi connectivity index (χ1n) is 11.3. The van der Waals surface area contributed by atoms with Gasteiger partial charge in [-0.1, -0.05) is 0 Å². The number of hydrogen-bond donors (Lipinski definition) is 1. The highest BCUT2D eigenvalue weighted by Gasteiger charge is 2.57. The second-order valence-electron chi connectivity index (χ2n) is 9.66. The summed E-state index contributed by atoms with van der Waals surface area (Å²) in [7, 11) is 0. The van der Waals surface area contributed by atoms with Crippen LogP contribution in [0.5, 0.6) is 0 Å². The number of nitrogens with one attached hydrogen (secondary N) is 1. The molecule has 1 unspecified atom stereocenters. The van der Waals surface area contributed by atoms with Gasteiger partial charge < -0.3 is 15.1 Å². The third-order valence-electron chi connectivity index (χ3n) is 7.69. The van der Waals surface area contributed by atoms with Crippen LogP contribution in [0.25, 0.3) is 0 Å². The second kappa shape index (κ2) is 7.68. The number of carbonyl (C=O) groups excluding carboxylic acids is 3. The van der Waals surface area contributed by atoms with Gasteiger partial charge in [0, 0.05) is 19.6 Å². The molecule has 3 amide bonds. The number of likely N-dealkylation sites (tertiary alicyclic amines) is 1. The van der Waals surface area contributed by atoms with E-state index in [1.807, 2.05) is 18.7 Å². The van der Waals surface area contributed by atoms with E-state index in [1.165, 1.54) is 19.3 Å². The summed E-state index contributed by atoms with van der Waals surface area (Å²) in [4.78, 5) is 42.4. The van der Waals surface area contributed by atoms with Crippen LogP contribution < -0.4 is 5.32 Å². The molecule has 1 saturated heterocycles. The molecular formula is C22H35N3O3. The summed E-state index contributed by atoms with van der Waals surface area (Å²) in [5, 5.41) is 2.77. The van der Waals surface area contributed by atoms with Crippen molar-refractivity contribution in [3.8, 4) is 0 Å². The molecule has 156 valence electrons. The number of nitrogens with zero attached hydrogens (tertiary/aromatic N) is 2. The highest BCUT2D eigenvalue weighted by Crippen LogP contribution is 2.60. The fourth-order valence-electron chi connectivity index (χ4n) is 6.93. The van der Waals surface area contributed by atoms with E-state index in [2.05, 4.69) is 5.32 Å². The lowest BCUT2D eigenvalue weighted by molar-refractivity contribution is -0.162. The van der Waals surface area contributed by atoms with Crippen molar-refractivity contribution in [2.24, 2.45) is 23.2 Å². The molecule has 0 aromatic rings. The molecule has 4 bridgehead atoms. The third kappa shape index (κ3) is 3.43. The Morgan fingerprint density at radius 1 is 1.04 bits per heavy atom. The molecule has 4 saturated carbocycles. The average Bonchev–Trinajstić information content (AvgIpc) is 3.13. The second-order valence-corrected chi connectivity index (χ2v) is 9.66. The quantitative estimate of drug-likeness (QED) is 0.757. The van der Waals surface area contributed by atoms with E-state index >= 15 is 0 Å². The summed E-state index contributed by atoms with van der Waals surface area (Å²) >= 11 is 0. The SMILES string of the molecule is CCNC(=O)CN(CC)C(=O)C1CCCN1C(=O)C12CC3CC(CC(C3)C1)C2. The minimum atomic E-state index is -0.380. The molecule has 0 radical (unpaired) electrons. The summed E-state index contributed by atoms with van der Waals surface area (Å²) in [5.41, 5.74) is -0.200. The molecular weight excluding hydrogens is 354 g/mol. The minimum Gasteiger partial charge on any atom is -0.355 e. The van der Waals surface area contributed by atoms with Crippen molar-refractivity contribution >= 4 is 17.7 Å². The maximum absolute atomic E-state index is 13.7. The lowest BCUT2D eigenvalue weighted by Crippen LogP contribution is -2.58. The van der Waals surface area contributed by atoms with Crippen molar-refractivity contribution in [1.29, 1.82) is 0 Å². The molecule has 28 heavy (non-hydrogen) atoms. The van der Waals surface area contributed by atoms with Crippen molar-refractivity contribution in [2.75, 3.05) is 26.2 Å². The predicted molar refractivity (Wildman–Crippen MR) is 106 cm³/mol. The minimum absolute atomic E-state index is 0.0515. The summed E-state index contributed by atoms with van der Waals surface area (Å²) in [6.45, 7) is 5.60. The number of hydrogen-bond acceptors (Lipinski definition) is 3. The topological polar surface area (TPSA) is 69.7 Å². The molecule has 5 aliphatic rings. The van der Waals surface area contributed by atoms with E-state index < -0.39 is 0 Å². The fraction of sp³-hybridized carbons (Fsp3) is 0.864. The molecule has 0 aromatic heterocycles. The number of rotatable bonds is 6. The van der Waals surface area contributed by atoms with Gasteiger partial charge in [-0.25, -0.2) is 0 Å². The molecule has 4 aliphatic carbocycles.